The Bertz CT molecular complexity index is 640. The molecule has 1 aromatic carbocycles. The summed E-state index contributed by atoms with van der Waals surface area (Å²) < 4.78 is 5.26. The summed E-state index contributed by atoms with van der Waals surface area (Å²) in [7, 11) is 7.66. The van der Waals surface area contributed by atoms with Gasteiger partial charge in [0.1, 0.15) is 5.75 Å². The van der Waals surface area contributed by atoms with Crippen molar-refractivity contribution in [1.29, 1.82) is 0 Å². The molecule has 0 aliphatic heterocycles. The molecule has 0 saturated carbocycles. The maximum atomic E-state index is 5.26. The van der Waals surface area contributed by atoms with Gasteiger partial charge in [0, 0.05) is 25.0 Å². The molecule has 0 aliphatic carbocycles. The standard InChI is InChI=1S/C18H26N4OS/c1-19-18(20-12-14-7-5-8-15(11-14)23-4)21-13-16(22(2)3)17-9-6-10-24-17/h5-11,16H,12-13H2,1-4H3,(H2,19,20,21). The fourth-order valence-electron chi connectivity index (χ4n) is 2.40. The Hall–Kier alpha value is -2.05. The minimum atomic E-state index is 0.320. The summed E-state index contributed by atoms with van der Waals surface area (Å²) in [6.45, 7) is 1.49. The van der Waals surface area contributed by atoms with E-state index in [1.807, 2.05) is 18.2 Å². The summed E-state index contributed by atoms with van der Waals surface area (Å²) in [5.41, 5.74) is 1.15. The first-order valence-corrected chi connectivity index (χ1v) is 8.79. The first-order valence-electron chi connectivity index (χ1n) is 7.91. The summed E-state index contributed by atoms with van der Waals surface area (Å²) in [4.78, 5) is 7.87. The van der Waals surface area contributed by atoms with E-state index in [9.17, 15) is 0 Å². The van der Waals surface area contributed by atoms with E-state index in [1.165, 1.54) is 4.88 Å². The van der Waals surface area contributed by atoms with Gasteiger partial charge in [-0.2, -0.15) is 0 Å². The average Bonchev–Trinajstić information content (AvgIpc) is 3.12. The van der Waals surface area contributed by atoms with Crippen LogP contribution in [-0.2, 0) is 6.54 Å². The third-order valence-corrected chi connectivity index (χ3v) is 4.75. The van der Waals surface area contributed by atoms with Crippen molar-refractivity contribution in [3.63, 3.8) is 0 Å². The van der Waals surface area contributed by atoms with E-state index in [-0.39, 0.29) is 0 Å². The molecule has 0 bridgehead atoms. The summed E-state index contributed by atoms with van der Waals surface area (Å²) in [5.74, 6) is 1.66. The number of ether oxygens (including phenoxy) is 1. The van der Waals surface area contributed by atoms with Crippen molar-refractivity contribution in [2.24, 2.45) is 4.99 Å². The Morgan fingerprint density at radius 1 is 1.25 bits per heavy atom. The molecule has 1 aromatic heterocycles. The summed E-state index contributed by atoms with van der Waals surface area (Å²) in [6.07, 6.45) is 0. The van der Waals surface area contributed by atoms with E-state index in [2.05, 4.69) is 58.2 Å². The van der Waals surface area contributed by atoms with Crippen LogP contribution in [0.4, 0.5) is 0 Å². The second-order valence-electron chi connectivity index (χ2n) is 5.65. The van der Waals surface area contributed by atoms with Crippen LogP contribution >= 0.6 is 11.3 Å². The van der Waals surface area contributed by atoms with Gasteiger partial charge in [-0.3, -0.25) is 4.99 Å². The molecular weight excluding hydrogens is 320 g/mol. The minimum absolute atomic E-state index is 0.320. The molecular formula is C18H26N4OS. The van der Waals surface area contributed by atoms with Gasteiger partial charge in [-0.1, -0.05) is 18.2 Å². The third-order valence-electron chi connectivity index (χ3n) is 3.78. The zero-order valence-corrected chi connectivity index (χ0v) is 15.6. The molecule has 6 heteroatoms. The molecule has 0 fully saturated rings. The highest BCUT2D eigenvalue weighted by molar-refractivity contribution is 7.10. The molecule has 2 N–H and O–H groups in total. The van der Waals surface area contributed by atoms with Crippen LogP contribution in [0.1, 0.15) is 16.5 Å². The lowest BCUT2D eigenvalue weighted by Gasteiger charge is -2.24. The van der Waals surface area contributed by atoms with Gasteiger partial charge in [0.2, 0.25) is 0 Å². The molecule has 0 amide bonds. The van der Waals surface area contributed by atoms with Crippen LogP contribution in [0.5, 0.6) is 5.75 Å². The summed E-state index contributed by atoms with van der Waals surface area (Å²) in [6, 6.07) is 12.6. The number of nitrogens with one attached hydrogen (secondary N) is 2. The lowest BCUT2D eigenvalue weighted by atomic mass is 10.2. The van der Waals surface area contributed by atoms with Gasteiger partial charge in [0.15, 0.2) is 5.96 Å². The molecule has 1 unspecified atom stereocenters. The van der Waals surface area contributed by atoms with Gasteiger partial charge in [-0.25, -0.2) is 0 Å². The Morgan fingerprint density at radius 2 is 2.08 bits per heavy atom. The first-order chi connectivity index (χ1) is 11.6. The van der Waals surface area contributed by atoms with E-state index >= 15 is 0 Å². The van der Waals surface area contributed by atoms with Gasteiger partial charge in [-0.15, -0.1) is 11.3 Å². The molecule has 24 heavy (non-hydrogen) atoms. The number of likely N-dealkylation sites (N-methyl/N-ethyl adjacent to an activating group) is 1. The number of benzene rings is 1. The Morgan fingerprint density at radius 3 is 2.71 bits per heavy atom. The van der Waals surface area contributed by atoms with Crippen LogP contribution < -0.4 is 15.4 Å². The maximum Gasteiger partial charge on any atom is 0.191 e. The van der Waals surface area contributed by atoms with Crippen molar-refractivity contribution >= 4 is 17.3 Å². The second-order valence-corrected chi connectivity index (χ2v) is 6.63. The largest absolute Gasteiger partial charge is 0.497 e. The van der Waals surface area contributed by atoms with Crippen LogP contribution in [0.25, 0.3) is 0 Å². The number of rotatable bonds is 7. The first kappa shape index (κ1) is 18.3. The minimum Gasteiger partial charge on any atom is -0.497 e. The summed E-state index contributed by atoms with van der Waals surface area (Å²) in [5, 5.41) is 8.87. The zero-order chi connectivity index (χ0) is 17.4. The summed E-state index contributed by atoms with van der Waals surface area (Å²) >= 11 is 1.78. The molecule has 0 aliphatic rings. The number of nitrogens with zero attached hydrogens (tertiary/aromatic N) is 2. The van der Waals surface area contributed by atoms with Crippen LogP contribution in [0.2, 0.25) is 0 Å². The lowest BCUT2D eigenvalue weighted by molar-refractivity contribution is 0.302. The predicted octanol–water partition coefficient (Wildman–Crippen LogP) is 2.72. The van der Waals surface area contributed by atoms with Gasteiger partial charge in [0.05, 0.1) is 13.2 Å². The smallest absolute Gasteiger partial charge is 0.191 e. The Labute approximate surface area is 148 Å². The molecule has 2 rings (SSSR count). The third kappa shape index (κ3) is 5.25. The molecule has 130 valence electrons. The molecule has 1 heterocycles. The van der Waals surface area contributed by atoms with Crippen molar-refractivity contribution in [1.82, 2.24) is 15.5 Å². The van der Waals surface area contributed by atoms with Gasteiger partial charge >= 0.3 is 0 Å². The second kappa shape index (κ2) is 9.30. The number of guanidine groups is 1. The number of aliphatic imine (C=N–C) groups is 1. The van der Waals surface area contributed by atoms with Crippen LogP contribution in [0.15, 0.2) is 46.8 Å². The maximum absolute atomic E-state index is 5.26. The molecule has 0 saturated heterocycles. The van der Waals surface area contributed by atoms with Gasteiger partial charge in [-0.05, 0) is 43.2 Å². The predicted molar refractivity (Wildman–Crippen MR) is 102 cm³/mol. The Balaban J connectivity index is 1.89. The highest BCUT2D eigenvalue weighted by Gasteiger charge is 2.15. The Kier molecular flexibility index (Phi) is 7.08. The zero-order valence-electron chi connectivity index (χ0n) is 14.7. The molecule has 0 spiro atoms. The van der Waals surface area contributed by atoms with Gasteiger partial charge < -0.3 is 20.3 Å². The fourth-order valence-corrected chi connectivity index (χ4v) is 3.32. The van der Waals surface area contributed by atoms with Crippen LogP contribution in [0.3, 0.4) is 0 Å². The molecule has 2 aromatic rings. The molecule has 1 atom stereocenters. The molecule has 0 radical (unpaired) electrons. The fraction of sp³-hybridized carbons (Fsp3) is 0.389. The number of hydrogen-bond acceptors (Lipinski definition) is 4. The topological polar surface area (TPSA) is 48.9 Å². The highest BCUT2D eigenvalue weighted by Crippen LogP contribution is 2.22. The highest BCUT2D eigenvalue weighted by atomic mass is 32.1. The van der Waals surface area contributed by atoms with Crippen molar-refractivity contribution in [3.05, 3.63) is 52.2 Å². The SMILES string of the molecule is CN=C(NCc1cccc(OC)c1)NCC(c1cccs1)N(C)C. The van der Waals surface area contributed by atoms with E-state index in [0.717, 1.165) is 23.8 Å². The van der Waals surface area contributed by atoms with Gasteiger partial charge in [0.25, 0.3) is 0 Å². The van der Waals surface area contributed by atoms with Crippen LogP contribution in [0, 0.1) is 0 Å². The quantitative estimate of drug-likeness (QED) is 0.598. The lowest BCUT2D eigenvalue weighted by Crippen LogP contribution is -2.41. The van der Waals surface area contributed by atoms with Crippen molar-refractivity contribution in [2.45, 2.75) is 12.6 Å². The monoisotopic (exact) mass is 346 g/mol. The number of thiophene rings is 1. The van der Waals surface area contributed by atoms with E-state index < -0.39 is 0 Å². The molecule has 5 nitrogen and oxygen atoms in total. The number of methoxy groups -OCH3 is 1. The van der Waals surface area contributed by atoms with Crippen molar-refractivity contribution in [3.8, 4) is 5.75 Å². The van der Waals surface area contributed by atoms with Crippen LogP contribution in [-0.4, -0.2) is 45.7 Å². The average molecular weight is 347 g/mol. The van der Waals surface area contributed by atoms with E-state index in [4.69, 9.17) is 4.74 Å². The van der Waals surface area contributed by atoms with Crippen molar-refractivity contribution < 1.29 is 4.74 Å². The number of hydrogen-bond donors (Lipinski definition) is 2. The van der Waals surface area contributed by atoms with E-state index in [1.54, 1.807) is 25.5 Å². The normalized spacial score (nSPS) is 13.0. The van der Waals surface area contributed by atoms with Crippen molar-refractivity contribution in [2.75, 3.05) is 34.8 Å². The van der Waals surface area contributed by atoms with E-state index in [0.29, 0.717) is 12.6 Å².